The smallest absolute Gasteiger partial charge is 0.224 e. The van der Waals surface area contributed by atoms with Crippen molar-refractivity contribution >= 4 is 35.8 Å². The summed E-state index contributed by atoms with van der Waals surface area (Å²) in [5.74, 6) is 0.401. The Morgan fingerprint density at radius 3 is 2.36 bits per heavy atom. The van der Waals surface area contributed by atoms with Crippen molar-refractivity contribution in [3.8, 4) is 0 Å². The van der Waals surface area contributed by atoms with Gasteiger partial charge in [-0.05, 0) is 30.2 Å². The fourth-order valence-corrected chi connectivity index (χ4v) is 2.61. The Bertz CT molecular complexity index is 738. The van der Waals surface area contributed by atoms with Crippen LogP contribution in [0.15, 0.2) is 59.6 Å². The molecule has 0 fully saturated rings. The lowest BCUT2D eigenvalue weighted by Crippen LogP contribution is -2.39. The van der Waals surface area contributed by atoms with E-state index in [1.54, 1.807) is 12.1 Å². The van der Waals surface area contributed by atoms with E-state index >= 15 is 0 Å². The maximum Gasteiger partial charge on any atom is 0.224 e. The van der Waals surface area contributed by atoms with Crippen LogP contribution in [0.2, 0.25) is 0 Å². The molecule has 5 nitrogen and oxygen atoms in total. The van der Waals surface area contributed by atoms with E-state index in [2.05, 4.69) is 32.7 Å². The Kier molecular flexibility index (Phi) is 11.2. The third kappa shape index (κ3) is 8.69. The third-order valence-corrected chi connectivity index (χ3v) is 3.93. The van der Waals surface area contributed by atoms with Gasteiger partial charge in [-0.2, -0.15) is 0 Å². The SMILES string of the molecule is CCNC(=NCCNC(=O)Cc1ccc(F)cc1)N(C)Cc1ccccc1.I. The van der Waals surface area contributed by atoms with Gasteiger partial charge in [0, 0.05) is 26.7 Å². The second-order valence-corrected chi connectivity index (χ2v) is 6.23. The van der Waals surface area contributed by atoms with Crippen LogP contribution in [0.1, 0.15) is 18.1 Å². The molecule has 0 heterocycles. The minimum atomic E-state index is -0.302. The second-order valence-electron chi connectivity index (χ2n) is 6.23. The highest BCUT2D eigenvalue weighted by atomic mass is 127. The van der Waals surface area contributed by atoms with E-state index < -0.39 is 0 Å². The van der Waals surface area contributed by atoms with Gasteiger partial charge in [0.2, 0.25) is 5.91 Å². The van der Waals surface area contributed by atoms with E-state index in [1.807, 2.05) is 32.2 Å². The normalized spacial score (nSPS) is 10.8. The molecule has 0 bridgehead atoms. The summed E-state index contributed by atoms with van der Waals surface area (Å²) in [4.78, 5) is 18.6. The summed E-state index contributed by atoms with van der Waals surface area (Å²) in [5, 5.41) is 6.11. The van der Waals surface area contributed by atoms with E-state index in [-0.39, 0.29) is 42.1 Å². The van der Waals surface area contributed by atoms with Crippen LogP contribution in [0.4, 0.5) is 4.39 Å². The Labute approximate surface area is 183 Å². The highest BCUT2D eigenvalue weighted by Crippen LogP contribution is 2.04. The largest absolute Gasteiger partial charge is 0.357 e. The molecule has 2 rings (SSSR count). The van der Waals surface area contributed by atoms with E-state index in [9.17, 15) is 9.18 Å². The van der Waals surface area contributed by atoms with Crippen molar-refractivity contribution in [2.24, 2.45) is 4.99 Å². The molecule has 0 unspecified atom stereocenters. The number of carbonyl (C=O) groups excluding carboxylic acids is 1. The van der Waals surface area contributed by atoms with Crippen LogP contribution in [-0.2, 0) is 17.8 Å². The molecule has 2 aromatic rings. The Morgan fingerprint density at radius 1 is 1.04 bits per heavy atom. The van der Waals surface area contributed by atoms with Gasteiger partial charge in [0.05, 0.1) is 13.0 Å². The van der Waals surface area contributed by atoms with Crippen molar-refractivity contribution in [2.75, 3.05) is 26.7 Å². The first-order valence-corrected chi connectivity index (χ1v) is 9.13. The summed E-state index contributed by atoms with van der Waals surface area (Å²) < 4.78 is 12.9. The van der Waals surface area contributed by atoms with E-state index in [0.717, 1.165) is 24.6 Å². The summed E-state index contributed by atoms with van der Waals surface area (Å²) in [6.45, 7) is 4.49. The average Bonchev–Trinajstić information content (AvgIpc) is 2.67. The minimum absolute atomic E-state index is 0. The molecule has 0 saturated heterocycles. The van der Waals surface area contributed by atoms with Crippen LogP contribution in [0.25, 0.3) is 0 Å². The van der Waals surface area contributed by atoms with Crippen molar-refractivity contribution in [1.29, 1.82) is 0 Å². The first kappa shape index (κ1) is 23.9. The Balaban J connectivity index is 0.00000392. The van der Waals surface area contributed by atoms with Gasteiger partial charge in [0.1, 0.15) is 5.82 Å². The molecule has 0 aromatic heterocycles. The molecule has 28 heavy (non-hydrogen) atoms. The van der Waals surface area contributed by atoms with Crippen LogP contribution < -0.4 is 10.6 Å². The maximum absolute atomic E-state index is 12.9. The summed E-state index contributed by atoms with van der Waals surface area (Å²) in [5.41, 5.74) is 1.99. The van der Waals surface area contributed by atoms with Gasteiger partial charge in [-0.15, -0.1) is 24.0 Å². The number of hydrogen-bond acceptors (Lipinski definition) is 2. The third-order valence-electron chi connectivity index (χ3n) is 3.93. The number of nitrogens with zero attached hydrogens (tertiary/aromatic N) is 2. The number of benzene rings is 2. The van der Waals surface area contributed by atoms with Crippen LogP contribution in [0, 0.1) is 5.82 Å². The summed E-state index contributed by atoms with van der Waals surface area (Å²) in [7, 11) is 1.99. The predicted octanol–water partition coefficient (Wildman–Crippen LogP) is 3.20. The zero-order valence-electron chi connectivity index (χ0n) is 16.3. The molecule has 0 aliphatic rings. The van der Waals surface area contributed by atoms with Gasteiger partial charge in [-0.1, -0.05) is 42.5 Å². The van der Waals surface area contributed by atoms with Gasteiger partial charge in [-0.25, -0.2) is 4.39 Å². The molecule has 0 radical (unpaired) electrons. The minimum Gasteiger partial charge on any atom is -0.357 e. The van der Waals surface area contributed by atoms with E-state index in [1.165, 1.54) is 17.7 Å². The van der Waals surface area contributed by atoms with Gasteiger partial charge >= 0.3 is 0 Å². The summed E-state index contributed by atoms with van der Waals surface area (Å²) >= 11 is 0. The molecule has 0 aliphatic heterocycles. The highest BCUT2D eigenvalue weighted by Gasteiger charge is 2.07. The Hall–Kier alpha value is -2.16. The molecular formula is C21H28FIN4O. The van der Waals surface area contributed by atoms with Crippen LogP contribution in [0.5, 0.6) is 0 Å². The molecule has 0 atom stereocenters. The monoisotopic (exact) mass is 498 g/mol. The number of guanidine groups is 1. The van der Waals surface area contributed by atoms with Crippen LogP contribution in [-0.4, -0.2) is 43.4 Å². The first-order valence-electron chi connectivity index (χ1n) is 9.13. The zero-order chi connectivity index (χ0) is 19.5. The number of amides is 1. The van der Waals surface area contributed by atoms with Crippen LogP contribution in [0.3, 0.4) is 0 Å². The molecule has 2 N–H and O–H groups in total. The lowest BCUT2D eigenvalue weighted by Gasteiger charge is -2.22. The predicted molar refractivity (Wildman–Crippen MR) is 122 cm³/mol. The zero-order valence-corrected chi connectivity index (χ0v) is 18.7. The molecule has 152 valence electrons. The van der Waals surface area contributed by atoms with Gasteiger partial charge in [0.25, 0.3) is 0 Å². The molecule has 0 saturated carbocycles. The number of nitrogens with one attached hydrogen (secondary N) is 2. The van der Waals surface area contributed by atoms with Crippen molar-refractivity contribution in [1.82, 2.24) is 15.5 Å². The highest BCUT2D eigenvalue weighted by molar-refractivity contribution is 14.0. The quantitative estimate of drug-likeness (QED) is 0.255. The number of rotatable bonds is 8. The van der Waals surface area contributed by atoms with Gasteiger partial charge in [0.15, 0.2) is 5.96 Å². The fourth-order valence-electron chi connectivity index (χ4n) is 2.61. The number of hydrogen-bond donors (Lipinski definition) is 2. The maximum atomic E-state index is 12.9. The summed E-state index contributed by atoms with van der Waals surface area (Å²) in [6.07, 6.45) is 0.234. The van der Waals surface area contributed by atoms with E-state index in [4.69, 9.17) is 0 Å². The lowest BCUT2D eigenvalue weighted by atomic mass is 10.1. The molecule has 0 aliphatic carbocycles. The van der Waals surface area contributed by atoms with Gasteiger partial charge < -0.3 is 15.5 Å². The molecule has 1 amide bonds. The lowest BCUT2D eigenvalue weighted by molar-refractivity contribution is -0.120. The van der Waals surface area contributed by atoms with Crippen molar-refractivity contribution in [2.45, 2.75) is 19.9 Å². The van der Waals surface area contributed by atoms with Crippen molar-refractivity contribution in [3.63, 3.8) is 0 Å². The Morgan fingerprint density at radius 2 is 1.71 bits per heavy atom. The number of aliphatic imine (C=N–C) groups is 1. The topological polar surface area (TPSA) is 56.7 Å². The standard InChI is InChI=1S/C21H27FN4O.HI/c1-3-23-21(26(2)16-18-7-5-4-6-8-18)25-14-13-24-20(27)15-17-9-11-19(22)12-10-17;/h4-12H,3,13-16H2,1-2H3,(H,23,25)(H,24,27);1H. The van der Waals surface area contributed by atoms with Crippen molar-refractivity contribution in [3.05, 3.63) is 71.5 Å². The van der Waals surface area contributed by atoms with Gasteiger partial charge in [-0.3, -0.25) is 9.79 Å². The molecular weight excluding hydrogens is 470 g/mol. The molecule has 7 heteroatoms. The molecule has 2 aromatic carbocycles. The fraction of sp³-hybridized carbons (Fsp3) is 0.333. The number of carbonyl (C=O) groups is 1. The molecule has 0 spiro atoms. The number of halogens is 2. The van der Waals surface area contributed by atoms with Crippen molar-refractivity contribution < 1.29 is 9.18 Å². The first-order chi connectivity index (χ1) is 13.1. The second kappa shape index (κ2) is 13.1. The average molecular weight is 498 g/mol. The summed E-state index contributed by atoms with van der Waals surface area (Å²) in [6, 6.07) is 16.1. The van der Waals surface area contributed by atoms with Crippen LogP contribution >= 0.6 is 24.0 Å². The van der Waals surface area contributed by atoms with E-state index in [0.29, 0.717) is 13.1 Å².